The fourth-order valence-electron chi connectivity index (χ4n) is 1.34. The molecule has 66 valence electrons. The largest absolute Gasteiger partial charge is 0.260 e. The van der Waals surface area contributed by atoms with Crippen LogP contribution in [0.5, 0.6) is 0 Å². The fraction of sp³-hybridized carbons (Fsp3) is 0.273. The van der Waals surface area contributed by atoms with Crippen LogP contribution in [0.25, 0.3) is 0 Å². The molecule has 0 bridgehead atoms. The zero-order valence-electron chi connectivity index (χ0n) is 7.86. The van der Waals surface area contributed by atoms with Crippen molar-refractivity contribution in [3.8, 4) is 0 Å². The van der Waals surface area contributed by atoms with Crippen molar-refractivity contribution in [2.45, 2.75) is 20.0 Å². The molecule has 2 rings (SSSR count). The summed E-state index contributed by atoms with van der Waals surface area (Å²) in [4.78, 5) is 8.67. The number of rotatable bonds is 1. The highest BCUT2D eigenvalue weighted by Gasteiger charge is 2.10. The van der Waals surface area contributed by atoms with Crippen LogP contribution in [0.4, 0.5) is 0 Å². The Kier molecular flexibility index (Phi) is 1.97. The van der Waals surface area contributed by atoms with E-state index in [1.807, 2.05) is 13.1 Å². The average Bonchev–Trinajstić information content (AvgIpc) is 2.53. The molecule has 0 saturated heterocycles. The van der Waals surface area contributed by atoms with Gasteiger partial charge in [-0.1, -0.05) is 29.8 Å². The van der Waals surface area contributed by atoms with E-state index in [-0.39, 0.29) is 6.17 Å². The van der Waals surface area contributed by atoms with E-state index in [0.717, 1.165) is 5.71 Å². The molecule has 0 aliphatic carbocycles. The van der Waals surface area contributed by atoms with Crippen LogP contribution in [0.15, 0.2) is 34.3 Å². The Morgan fingerprint density at radius 2 is 1.77 bits per heavy atom. The van der Waals surface area contributed by atoms with Crippen molar-refractivity contribution in [3.63, 3.8) is 0 Å². The van der Waals surface area contributed by atoms with Gasteiger partial charge < -0.3 is 0 Å². The number of nitrogens with zero attached hydrogens (tertiary/aromatic N) is 2. The molecule has 0 amide bonds. The zero-order chi connectivity index (χ0) is 9.26. The van der Waals surface area contributed by atoms with Crippen LogP contribution in [-0.4, -0.2) is 11.9 Å². The third-order valence-corrected chi connectivity index (χ3v) is 2.10. The van der Waals surface area contributed by atoms with Gasteiger partial charge in [0, 0.05) is 6.21 Å². The molecule has 0 aromatic heterocycles. The summed E-state index contributed by atoms with van der Waals surface area (Å²) < 4.78 is 0. The third-order valence-electron chi connectivity index (χ3n) is 2.10. The summed E-state index contributed by atoms with van der Waals surface area (Å²) in [5.74, 6) is 0. The van der Waals surface area contributed by atoms with E-state index >= 15 is 0 Å². The number of hydrogen-bond donors (Lipinski definition) is 0. The molecule has 1 unspecified atom stereocenters. The van der Waals surface area contributed by atoms with Crippen molar-refractivity contribution < 1.29 is 0 Å². The topological polar surface area (TPSA) is 24.7 Å². The van der Waals surface area contributed by atoms with Crippen molar-refractivity contribution in [2.75, 3.05) is 0 Å². The van der Waals surface area contributed by atoms with Crippen molar-refractivity contribution in [3.05, 3.63) is 35.4 Å². The molecular formula is C11H12N2. The Morgan fingerprint density at radius 3 is 2.31 bits per heavy atom. The predicted octanol–water partition coefficient (Wildman–Crippen LogP) is 2.54. The van der Waals surface area contributed by atoms with Crippen LogP contribution in [0, 0.1) is 6.92 Å². The Morgan fingerprint density at radius 1 is 1.08 bits per heavy atom. The highest BCUT2D eigenvalue weighted by Crippen LogP contribution is 2.21. The zero-order valence-corrected chi connectivity index (χ0v) is 7.86. The molecule has 0 saturated carbocycles. The lowest BCUT2D eigenvalue weighted by Gasteiger charge is -2.03. The van der Waals surface area contributed by atoms with Gasteiger partial charge in [0.2, 0.25) is 0 Å². The van der Waals surface area contributed by atoms with Gasteiger partial charge in [-0.3, -0.25) is 9.98 Å². The van der Waals surface area contributed by atoms with Crippen LogP contribution < -0.4 is 0 Å². The first-order chi connectivity index (χ1) is 6.25. The lowest BCUT2D eigenvalue weighted by Crippen LogP contribution is -1.89. The van der Waals surface area contributed by atoms with Gasteiger partial charge >= 0.3 is 0 Å². The molecule has 1 aromatic rings. The molecular weight excluding hydrogens is 160 g/mol. The van der Waals surface area contributed by atoms with Crippen molar-refractivity contribution in [1.82, 2.24) is 0 Å². The molecule has 0 radical (unpaired) electrons. The van der Waals surface area contributed by atoms with E-state index in [2.05, 4.69) is 41.2 Å². The minimum Gasteiger partial charge on any atom is -0.260 e. The van der Waals surface area contributed by atoms with E-state index in [1.165, 1.54) is 11.1 Å². The smallest absolute Gasteiger partial charge is 0.165 e. The average molecular weight is 172 g/mol. The van der Waals surface area contributed by atoms with Crippen molar-refractivity contribution in [1.29, 1.82) is 0 Å². The summed E-state index contributed by atoms with van der Waals surface area (Å²) in [6.45, 7) is 4.05. The first kappa shape index (κ1) is 8.17. The van der Waals surface area contributed by atoms with Gasteiger partial charge in [-0.25, -0.2) is 0 Å². The molecule has 1 aliphatic rings. The lowest BCUT2D eigenvalue weighted by molar-refractivity contribution is 0.799. The van der Waals surface area contributed by atoms with Crippen molar-refractivity contribution in [2.24, 2.45) is 9.98 Å². The van der Waals surface area contributed by atoms with Crippen LogP contribution in [-0.2, 0) is 0 Å². The number of hydrogen-bond acceptors (Lipinski definition) is 2. The molecule has 1 atom stereocenters. The normalized spacial score (nSPS) is 20.5. The number of aliphatic imine (C=N–C) groups is 2. The molecule has 2 heteroatoms. The van der Waals surface area contributed by atoms with Crippen LogP contribution in [0.3, 0.4) is 0 Å². The van der Waals surface area contributed by atoms with Crippen LogP contribution in [0.2, 0.25) is 0 Å². The lowest BCUT2D eigenvalue weighted by atomic mass is 10.1. The van der Waals surface area contributed by atoms with Gasteiger partial charge in [-0.05, 0) is 19.4 Å². The second-order valence-electron chi connectivity index (χ2n) is 3.33. The fourth-order valence-corrected chi connectivity index (χ4v) is 1.34. The molecule has 1 aromatic carbocycles. The maximum atomic E-state index is 4.38. The van der Waals surface area contributed by atoms with E-state index in [0.29, 0.717) is 0 Å². The molecule has 0 N–H and O–H groups in total. The second kappa shape index (κ2) is 3.13. The van der Waals surface area contributed by atoms with E-state index in [1.54, 1.807) is 0 Å². The van der Waals surface area contributed by atoms with E-state index in [9.17, 15) is 0 Å². The summed E-state index contributed by atoms with van der Waals surface area (Å²) in [6.07, 6.45) is 1.82. The van der Waals surface area contributed by atoms with Gasteiger partial charge in [-0.2, -0.15) is 0 Å². The minimum absolute atomic E-state index is 0.000556. The van der Waals surface area contributed by atoms with Gasteiger partial charge in [0.15, 0.2) is 6.17 Å². The Hall–Kier alpha value is -1.44. The highest BCUT2D eigenvalue weighted by atomic mass is 15.0. The summed E-state index contributed by atoms with van der Waals surface area (Å²) in [5, 5.41) is 0. The van der Waals surface area contributed by atoms with Gasteiger partial charge in [0.1, 0.15) is 0 Å². The summed E-state index contributed by atoms with van der Waals surface area (Å²) >= 11 is 0. The molecule has 2 nitrogen and oxygen atoms in total. The van der Waals surface area contributed by atoms with E-state index < -0.39 is 0 Å². The minimum atomic E-state index is 0.000556. The van der Waals surface area contributed by atoms with Gasteiger partial charge in [0.05, 0.1) is 5.71 Å². The van der Waals surface area contributed by atoms with Crippen LogP contribution >= 0.6 is 0 Å². The van der Waals surface area contributed by atoms with Crippen LogP contribution in [0.1, 0.15) is 24.2 Å². The summed E-state index contributed by atoms with van der Waals surface area (Å²) in [5.41, 5.74) is 3.44. The maximum Gasteiger partial charge on any atom is 0.165 e. The molecule has 13 heavy (non-hydrogen) atoms. The SMILES string of the molecule is CC1=NC(c2ccc(C)cc2)N=C1. The highest BCUT2D eigenvalue weighted by molar-refractivity contribution is 6.30. The molecule has 0 fully saturated rings. The Bertz CT molecular complexity index is 360. The van der Waals surface area contributed by atoms with Gasteiger partial charge in [0.25, 0.3) is 0 Å². The quantitative estimate of drug-likeness (QED) is 0.622. The van der Waals surface area contributed by atoms with E-state index in [4.69, 9.17) is 0 Å². The first-order valence-corrected chi connectivity index (χ1v) is 4.40. The Balaban J connectivity index is 2.28. The summed E-state index contributed by atoms with van der Waals surface area (Å²) in [7, 11) is 0. The molecule has 1 aliphatic heterocycles. The van der Waals surface area contributed by atoms with Crippen molar-refractivity contribution >= 4 is 11.9 Å². The van der Waals surface area contributed by atoms with Gasteiger partial charge in [-0.15, -0.1) is 0 Å². The first-order valence-electron chi connectivity index (χ1n) is 4.40. The molecule has 0 spiro atoms. The number of benzene rings is 1. The third kappa shape index (κ3) is 1.66. The summed E-state index contributed by atoms with van der Waals surface area (Å²) in [6, 6.07) is 8.35. The molecule has 1 heterocycles. The second-order valence-corrected chi connectivity index (χ2v) is 3.33. The maximum absolute atomic E-state index is 4.38. The number of aryl methyl sites for hydroxylation is 1. The standard InChI is InChI=1S/C11H12N2/c1-8-3-5-10(6-4-8)11-12-7-9(2)13-11/h3-7,11H,1-2H3. The Labute approximate surface area is 78.0 Å². The predicted molar refractivity (Wildman–Crippen MR) is 55.5 cm³/mol. The monoisotopic (exact) mass is 172 g/mol.